The highest BCUT2D eigenvalue weighted by molar-refractivity contribution is 5.95. The van der Waals surface area contributed by atoms with Crippen molar-refractivity contribution in [3.05, 3.63) is 65.0 Å². The first-order valence-corrected chi connectivity index (χ1v) is 9.52. The predicted octanol–water partition coefficient (Wildman–Crippen LogP) is 1.15. The maximum absolute atomic E-state index is 13.7. The van der Waals surface area contributed by atoms with E-state index in [4.69, 9.17) is 5.73 Å². The third-order valence-electron chi connectivity index (χ3n) is 5.47. The quantitative estimate of drug-likeness (QED) is 0.562. The van der Waals surface area contributed by atoms with Crippen molar-refractivity contribution in [2.75, 3.05) is 5.73 Å². The molecule has 1 fully saturated rings. The Bertz CT molecular complexity index is 1030. The first-order valence-electron chi connectivity index (χ1n) is 9.52. The van der Waals surface area contributed by atoms with Gasteiger partial charge in [-0.05, 0) is 35.7 Å². The molecule has 0 saturated carbocycles. The van der Waals surface area contributed by atoms with E-state index in [1.807, 2.05) is 24.3 Å². The van der Waals surface area contributed by atoms with E-state index in [-0.39, 0.29) is 17.7 Å². The lowest BCUT2D eigenvalue weighted by Crippen LogP contribution is -2.50. The summed E-state index contributed by atoms with van der Waals surface area (Å²) >= 11 is 0. The lowest BCUT2D eigenvalue weighted by atomic mass is 10.1. The molecule has 2 aromatic rings. The topological polar surface area (TPSA) is 113 Å². The van der Waals surface area contributed by atoms with E-state index in [9.17, 15) is 23.2 Å². The second-order valence-corrected chi connectivity index (χ2v) is 7.47. The Balaban J connectivity index is 1.53. The van der Waals surface area contributed by atoms with E-state index in [2.05, 4.69) is 16.0 Å². The van der Waals surface area contributed by atoms with Crippen LogP contribution in [-0.4, -0.2) is 36.0 Å². The number of halogens is 2. The van der Waals surface area contributed by atoms with Crippen LogP contribution in [0, 0.1) is 5.82 Å². The van der Waals surface area contributed by atoms with Gasteiger partial charge < -0.3 is 21.7 Å². The van der Waals surface area contributed by atoms with Crippen molar-refractivity contribution in [3.63, 3.8) is 0 Å². The fourth-order valence-electron chi connectivity index (χ4n) is 3.89. The minimum atomic E-state index is -1.71. The Morgan fingerprint density at radius 1 is 1.13 bits per heavy atom. The van der Waals surface area contributed by atoms with E-state index in [0.29, 0.717) is 6.42 Å². The van der Waals surface area contributed by atoms with Crippen molar-refractivity contribution in [2.24, 2.45) is 0 Å². The van der Waals surface area contributed by atoms with Crippen LogP contribution in [0.4, 0.5) is 14.5 Å². The highest BCUT2D eigenvalue weighted by atomic mass is 19.1. The average Bonchev–Trinajstić information content (AvgIpc) is 3.24. The Morgan fingerprint density at radius 2 is 1.90 bits per heavy atom. The summed E-state index contributed by atoms with van der Waals surface area (Å²) in [7, 11) is 0. The number of amides is 3. The van der Waals surface area contributed by atoms with Crippen LogP contribution in [0.25, 0.3) is 0 Å². The van der Waals surface area contributed by atoms with E-state index < -0.39 is 47.8 Å². The van der Waals surface area contributed by atoms with Crippen molar-refractivity contribution in [2.45, 2.75) is 37.1 Å². The predicted molar refractivity (Wildman–Crippen MR) is 105 cm³/mol. The van der Waals surface area contributed by atoms with Gasteiger partial charge in [0.15, 0.2) is 6.17 Å². The molecule has 3 amide bonds. The summed E-state index contributed by atoms with van der Waals surface area (Å²) < 4.78 is 27.2. The van der Waals surface area contributed by atoms with Crippen LogP contribution >= 0.6 is 0 Å². The maximum atomic E-state index is 13.7. The van der Waals surface area contributed by atoms with Gasteiger partial charge in [0, 0.05) is 12.0 Å². The van der Waals surface area contributed by atoms with Gasteiger partial charge in [-0.1, -0.05) is 24.3 Å². The fraction of sp³-hybridized carbons (Fsp3) is 0.286. The summed E-state index contributed by atoms with van der Waals surface area (Å²) in [6.07, 6.45) is -1.49. The molecule has 1 saturated heterocycles. The van der Waals surface area contributed by atoms with Crippen molar-refractivity contribution >= 4 is 23.4 Å². The minimum absolute atomic E-state index is 0.0623. The third-order valence-corrected chi connectivity index (χ3v) is 5.47. The molecular formula is C21H20F2N4O3. The molecule has 0 aromatic heterocycles. The normalized spacial score (nSPS) is 24.8. The van der Waals surface area contributed by atoms with Gasteiger partial charge in [-0.25, -0.2) is 8.78 Å². The largest absolute Gasteiger partial charge is 0.396 e. The summed E-state index contributed by atoms with van der Waals surface area (Å²) in [5.41, 5.74) is 7.26. The molecule has 0 bridgehead atoms. The molecule has 0 radical (unpaired) electrons. The molecule has 9 heteroatoms. The molecule has 156 valence electrons. The molecule has 0 unspecified atom stereocenters. The number of carbonyl (C=O) groups excluding carboxylic acids is 3. The number of nitrogens with two attached hydrogens (primary N) is 1. The lowest BCUT2D eigenvalue weighted by Gasteiger charge is -2.24. The number of rotatable bonds is 4. The van der Waals surface area contributed by atoms with Crippen molar-refractivity contribution in [1.29, 1.82) is 0 Å². The second kappa shape index (κ2) is 7.74. The summed E-state index contributed by atoms with van der Waals surface area (Å²) in [6.45, 7) is 0. The molecule has 0 spiro atoms. The molecule has 4 atom stereocenters. The van der Waals surface area contributed by atoms with Crippen molar-refractivity contribution in [1.82, 2.24) is 16.0 Å². The number of hydrogen-bond donors (Lipinski definition) is 4. The molecule has 2 aromatic carbocycles. The van der Waals surface area contributed by atoms with Crippen LogP contribution in [0.15, 0.2) is 42.5 Å². The number of hydrogen-bond acceptors (Lipinski definition) is 4. The first-order chi connectivity index (χ1) is 14.3. The summed E-state index contributed by atoms with van der Waals surface area (Å²) in [5, 5.41) is 7.97. The number of alkyl halides is 1. The van der Waals surface area contributed by atoms with Gasteiger partial charge >= 0.3 is 0 Å². The smallest absolute Gasteiger partial charge is 0.255 e. The van der Waals surface area contributed by atoms with Gasteiger partial charge in [0.1, 0.15) is 11.9 Å². The second-order valence-electron chi connectivity index (χ2n) is 7.47. The molecule has 1 aliphatic carbocycles. The number of anilines is 1. The van der Waals surface area contributed by atoms with Crippen LogP contribution in [0.2, 0.25) is 0 Å². The lowest BCUT2D eigenvalue weighted by molar-refractivity contribution is -0.127. The van der Waals surface area contributed by atoms with Crippen molar-refractivity contribution < 1.29 is 23.2 Å². The van der Waals surface area contributed by atoms with Crippen LogP contribution in [0.3, 0.4) is 0 Å². The molecule has 5 N–H and O–H groups in total. The zero-order chi connectivity index (χ0) is 21.4. The van der Waals surface area contributed by atoms with Crippen LogP contribution in [0.1, 0.15) is 33.9 Å². The van der Waals surface area contributed by atoms with Gasteiger partial charge in [-0.2, -0.15) is 0 Å². The fourth-order valence-corrected chi connectivity index (χ4v) is 3.89. The third kappa shape index (κ3) is 3.70. The molecule has 7 nitrogen and oxygen atoms in total. The van der Waals surface area contributed by atoms with Crippen molar-refractivity contribution in [3.8, 4) is 0 Å². The Labute approximate surface area is 171 Å². The monoisotopic (exact) mass is 414 g/mol. The van der Waals surface area contributed by atoms with Crippen LogP contribution < -0.4 is 21.7 Å². The van der Waals surface area contributed by atoms with Gasteiger partial charge in [0.25, 0.3) is 11.8 Å². The average molecular weight is 414 g/mol. The molecule has 2 aliphatic rings. The Morgan fingerprint density at radius 3 is 2.60 bits per heavy atom. The van der Waals surface area contributed by atoms with E-state index in [0.717, 1.165) is 17.2 Å². The highest BCUT2D eigenvalue weighted by Crippen LogP contribution is 2.32. The van der Waals surface area contributed by atoms with E-state index >= 15 is 0 Å². The summed E-state index contributed by atoms with van der Waals surface area (Å²) in [4.78, 5) is 36.6. The number of benzene rings is 2. The van der Waals surface area contributed by atoms with Gasteiger partial charge in [0.2, 0.25) is 5.91 Å². The zero-order valence-corrected chi connectivity index (χ0v) is 15.8. The SMILES string of the molecule is Nc1ccc(C(=O)N[C@@H]2c3ccccc3C[C@H]2NC(=O)[C@@H]2C[C@H](F)C(=O)N2)cc1F. The van der Waals surface area contributed by atoms with E-state index in [1.165, 1.54) is 12.1 Å². The van der Waals surface area contributed by atoms with Crippen LogP contribution in [0.5, 0.6) is 0 Å². The van der Waals surface area contributed by atoms with Gasteiger partial charge in [-0.15, -0.1) is 0 Å². The van der Waals surface area contributed by atoms with Gasteiger partial charge in [0.05, 0.1) is 17.8 Å². The standard InChI is InChI=1S/C21H20F2N4O3/c22-13-7-11(5-6-15(13)24)19(28)27-18-12-4-2-1-3-10(12)8-16(18)25-21(30)17-9-14(23)20(29)26-17/h1-7,14,16-18H,8-9,24H2,(H,25,30)(H,26,29)(H,27,28)/t14-,16+,17-,18+/m0/s1. The number of nitrogens with one attached hydrogen (secondary N) is 3. The number of fused-ring (bicyclic) bond motifs is 1. The molecule has 4 rings (SSSR count). The zero-order valence-electron chi connectivity index (χ0n) is 15.8. The summed E-state index contributed by atoms with van der Waals surface area (Å²) in [5.74, 6) is -2.54. The first kappa shape index (κ1) is 19.8. The Kier molecular flexibility index (Phi) is 5.11. The van der Waals surface area contributed by atoms with Gasteiger partial charge in [-0.3, -0.25) is 14.4 Å². The molecule has 1 aliphatic heterocycles. The van der Waals surface area contributed by atoms with Crippen LogP contribution in [-0.2, 0) is 16.0 Å². The minimum Gasteiger partial charge on any atom is -0.396 e. The van der Waals surface area contributed by atoms with E-state index in [1.54, 1.807) is 0 Å². The Hall–Kier alpha value is -3.49. The molecule has 1 heterocycles. The highest BCUT2D eigenvalue weighted by Gasteiger charge is 2.40. The number of carbonyl (C=O) groups is 3. The molecular weight excluding hydrogens is 394 g/mol. The number of nitrogen functional groups attached to an aromatic ring is 1. The molecule has 30 heavy (non-hydrogen) atoms. The summed E-state index contributed by atoms with van der Waals surface area (Å²) in [6, 6.07) is 9.12. The maximum Gasteiger partial charge on any atom is 0.255 e.